The van der Waals surface area contributed by atoms with E-state index in [1.807, 2.05) is 54.6 Å². The van der Waals surface area contributed by atoms with Gasteiger partial charge in [-0.05, 0) is 18.2 Å². The van der Waals surface area contributed by atoms with Gasteiger partial charge in [0.05, 0.1) is 36.4 Å². The van der Waals surface area contributed by atoms with Crippen LogP contribution in [0.5, 0.6) is 5.75 Å². The molecule has 27 heavy (non-hydrogen) atoms. The second kappa shape index (κ2) is 7.33. The zero-order valence-corrected chi connectivity index (χ0v) is 14.5. The van der Waals surface area contributed by atoms with Crippen LogP contribution in [0.25, 0.3) is 5.69 Å². The highest BCUT2D eigenvalue weighted by atomic mass is 16.5. The SMILES string of the molecule is O=C(Nc1cnn(-c2ccccc2)c1)C(=O)N[C@H]1CCOc2ccccc21. The van der Waals surface area contributed by atoms with Gasteiger partial charge in [0.15, 0.2) is 0 Å². The minimum atomic E-state index is -0.730. The van der Waals surface area contributed by atoms with Gasteiger partial charge in [0, 0.05) is 12.0 Å². The molecule has 3 aromatic rings. The van der Waals surface area contributed by atoms with Crippen molar-refractivity contribution in [3.63, 3.8) is 0 Å². The lowest BCUT2D eigenvalue weighted by molar-refractivity contribution is -0.136. The molecule has 2 heterocycles. The highest BCUT2D eigenvalue weighted by molar-refractivity contribution is 6.39. The zero-order chi connectivity index (χ0) is 18.6. The number of anilines is 1. The van der Waals surface area contributed by atoms with E-state index in [0.717, 1.165) is 17.0 Å². The van der Waals surface area contributed by atoms with Gasteiger partial charge < -0.3 is 15.4 Å². The van der Waals surface area contributed by atoms with Gasteiger partial charge in [-0.2, -0.15) is 5.10 Å². The van der Waals surface area contributed by atoms with Gasteiger partial charge in [-0.25, -0.2) is 4.68 Å². The summed E-state index contributed by atoms with van der Waals surface area (Å²) in [5.41, 5.74) is 2.19. The Labute approximate surface area is 156 Å². The minimum Gasteiger partial charge on any atom is -0.493 e. The molecule has 2 amide bonds. The first-order chi connectivity index (χ1) is 13.2. The van der Waals surface area contributed by atoms with E-state index in [0.29, 0.717) is 18.7 Å². The van der Waals surface area contributed by atoms with Crippen LogP contribution in [0.2, 0.25) is 0 Å². The van der Waals surface area contributed by atoms with Crippen LogP contribution in [0.1, 0.15) is 18.0 Å². The van der Waals surface area contributed by atoms with Crippen molar-refractivity contribution in [1.82, 2.24) is 15.1 Å². The Morgan fingerprint density at radius 2 is 1.81 bits per heavy atom. The molecule has 0 unspecified atom stereocenters. The molecule has 0 saturated heterocycles. The average molecular weight is 362 g/mol. The Hall–Kier alpha value is -3.61. The normalized spacial score (nSPS) is 15.3. The van der Waals surface area contributed by atoms with Gasteiger partial charge in [0.1, 0.15) is 5.75 Å². The second-order valence-electron chi connectivity index (χ2n) is 6.16. The lowest BCUT2D eigenvalue weighted by Crippen LogP contribution is -2.39. The molecule has 7 nitrogen and oxygen atoms in total. The van der Waals surface area contributed by atoms with Crippen LogP contribution in [0.15, 0.2) is 67.0 Å². The monoisotopic (exact) mass is 362 g/mol. The molecule has 2 aromatic carbocycles. The maximum Gasteiger partial charge on any atom is 0.313 e. The number of amides is 2. The first kappa shape index (κ1) is 16.8. The Morgan fingerprint density at radius 3 is 2.67 bits per heavy atom. The van der Waals surface area contributed by atoms with E-state index in [1.165, 1.54) is 6.20 Å². The third-order valence-corrected chi connectivity index (χ3v) is 4.33. The summed E-state index contributed by atoms with van der Waals surface area (Å²) in [5.74, 6) is -0.686. The molecule has 136 valence electrons. The number of nitrogens with zero attached hydrogens (tertiary/aromatic N) is 2. The maximum absolute atomic E-state index is 12.3. The molecule has 7 heteroatoms. The molecule has 0 aliphatic carbocycles. The maximum atomic E-state index is 12.3. The Morgan fingerprint density at radius 1 is 1.04 bits per heavy atom. The van der Waals surface area contributed by atoms with E-state index in [-0.39, 0.29) is 6.04 Å². The zero-order valence-electron chi connectivity index (χ0n) is 14.5. The van der Waals surface area contributed by atoms with Crippen LogP contribution >= 0.6 is 0 Å². The molecule has 1 aromatic heterocycles. The minimum absolute atomic E-state index is 0.250. The predicted molar refractivity (Wildman–Crippen MR) is 99.6 cm³/mol. The van der Waals surface area contributed by atoms with Crippen molar-refractivity contribution in [2.45, 2.75) is 12.5 Å². The molecule has 0 spiro atoms. The molecule has 1 aliphatic rings. The summed E-state index contributed by atoms with van der Waals surface area (Å²) < 4.78 is 7.20. The summed E-state index contributed by atoms with van der Waals surface area (Å²) in [7, 11) is 0. The second-order valence-corrected chi connectivity index (χ2v) is 6.16. The third kappa shape index (κ3) is 3.67. The van der Waals surface area contributed by atoms with Gasteiger partial charge >= 0.3 is 11.8 Å². The first-order valence-corrected chi connectivity index (χ1v) is 8.64. The number of benzene rings is 2. The number of aromatic nitrogens is 2. The molecular weight excluding hydrogens is 344 g/mol. The standard InChI is InChI=1S/C20H18N4O3/c25-19(22-14-12-21-24(13-14)15-6-2-1-3-7-15)20(26)23-17-10-11-27-18-9-5-4-8-16(17)18/h1-9,12-13,17H,10-11H2,(H,22,25)(H,23,26)/t17-/m0/s1. The lowest BCUT2D eigenvalue weighted by Gasteiger charge is -2.26. The summed E-state index contributed by atoms with van der Waals surface area (Å²) in [4.78, 5) is 24.6. The number of ether oxygens (including phenoxy) is 1. The molecule has 0 radical (unpaired) electrons. The smallest absolute Gasteiger partial charge is 0.313 e. The largest absolute Gasteiger partial charge is 0.493 e. The van der Waals surface area contributed by atoms with Crippen molar-refractivity contribution in [3.8, 4) is 11.4 Å². The fourth-order valence-electron chi connectivity index (χ4n) is 3.01. The van der Waals surface area contributed by atoms with Crippen molar-refractivity contribution >= 4 is 17.5 Å². The van der Waals surface area contributed by atoms with Crippen LogP contribution in [0, 0.1) is 0 Å². The summed E-state index contributed by atoms with van der Waals surface area (Å²) in [6.07, 6.45) is 3.77. The molecular formula is C20H18N4O3. The number of hydrogen-bond acceptors (Lipinski definition) is 4. The predicted octanol–water partition coefficient (Wildman–Crippen LogP) is 2.45. The number of nitrogens with one attached hydrogen (secondary N) is 2. The summed E-state index contributed by atoms with van der Waals surface area (Å²) in [5, 5.41) is 9.55. The van der Waals surface area contributed by atoms with Crippen LogP contribution in [0.4, 0.5) is 5.69 Å². The van der Waals surface area contributed by atoms with Crippen LogP contribution in [0.3, 0.4) is 0 Å². The topological polar surface area (TPSA) is 85.2 Å². The summed E-state index contributed by atoms with van der Waals surface area (Å²) in [6, 6.07) is 16.7. The summed E-state index contributed by atoms with van der Waals surface area (Å²) >= 11 is 0. The Balaban J connectivity index is 1.41. The van der Waals surface area contributed by atoms with E-state index >= 15 is 0 Å². The van der Waals surface area contributed by atoms with Crippen molar-refractivity contribution in [2.24, 2.45) is 0 Å². The molecule has 4 rings (SSSR count). The van der Waals surface area contributed by atoms with E-state index < -0.39 is 11.8 Å². The highest BCUT2D eigenvalue weighted by Crippen LogP contribution is 2.31. The number of rotatable bonds is 3. The van der Waals surface area contributed by atoms with Crippen LogP contribution < -0.4 is 15.4 Å². The van der Waals surface area contributed by atoms with Crippen molar-refractivity contribution in [1.29, 1.82) is 0 Å². The fourth-order valence-corrected chi connectivity index (χ4v) is 3.01. The fraction of sp³-hybridized carbons (Fsp3) is 0.150. The van der Waals surface area contributed by atoms with Gasteiger partial charge in [0.25, 0.3) is 0 Å². The number of para-hydroxylation sites is 2. The Kier molecular flexibility index (Phi) is 4.57. The van der Waals surface area contributed by atoms with E-state index in [1.54, 1.807) is 10.9 Å². The number of hydrogen-bond donors (Lipinski definition) is 2. The third-order valence-electron chi connectivity index (χ3n) is 4.33. The van der Waals surface area contributed by atoms with Gasteiger partial charge in [-0.1, -0.05) is 36.4 Å². The molecule has 1 atom stereocenters. The molecule has 0 fully saturated rings. The molecule has 1 aliphatic heterocycles. The van der Waals surface area contributed by atoms with E-state index in [4.69, 9.17) is 4.74 Å². The van der Waals surface area contributed by atoms with Crippen LogP contribution in [-0.2, 0) is 9.59 Å². The van der Waals surface area contributed by atoms with Crippen molar-refractivity contribution in [2.75, 3.05) is 11.9 Å². The Bertz CT molecular complexity index is 968. The van der Waals surface area contributed by atoms with Crippen molar-refractivity contribution in [3.05, 3.63) is 72.6 Å². The van der Waals surface area contributed by atoms with Crippen molar-refractivity contribution < 1.29 is 14.3 Å². The quantitative estimate of drug-likeness (QED) is 0.701. The number of carbonyl (C=O) groups excluding carboxylic acids is 2. The van der Waals surface area contributed by atoms with Crippen LogP contribution in [-0.4, -0.2) is 28.2 Å². The summed E-state index contributed by atoms with van der Waals surface area (Å²) in [6.45, 7) is 0.493. The first-order valence-electron chi connectivity index (χ1n) is 8.64. The van der Waals surface area contributed by atoms with Gasteiger partial charge in [-0.15, -0.1) is 0 Å². The van der Waals surface area contributed by atoms with Gasteiger partial charge in [-0.3, -0.25) is 9.59 Å². The molecule has 0 saturated carbocycles. The average Bonchev–Trinajstić information content (AvgIpc) is 3.17. The number of carbonyl (C=O) groups is 2. The van der Waals surface area contributed by atoms with E-state index in [9.17, 15) is 9.59 Å². The highest BCUT2D eigenvalue weighted by Gasteiger charge is 2.25. The molecule has 2 N–H and O–H groups in total. The van der Waals surface area contributed by atoms with E-state index in [2.05, 4.69) is 15.7 Å². The number of fused-ring (bicyclic) bond motifs is 1. The molecule has 0 bridgehead atoms. The lowest BCUT2D eigenvalue weighted by atomic mass is 10.0. The van der Waals surface area contributed by atoms with Gasteiger partial charge in [0.2, 0.25) is 0 Å².